The van der Waals surface area contributed by atoms with Crippen molar-refractivity contribution in [2.24, 2.45) is 0 Å². The highest BCUT2D eigenvalue weighted by atomic mass is 32.2. The number of nitrogens with zero attached hydrogens (tertiary/aromatic N) is 4. The summed E-state index contributed by atoms with van der Waals surface area (Å²) in [5.74, 6) is 0.619. The molecule has 2 aromatic heterocycles. The molecule has 0 fully saturated rings. The lowest BCUT2D eigenvalue weighted by molar-refractivity contribution is 0.266. The van der Waals surface area contributed by atoms with E-state index in [9.17, 15) is 9.90 Å². The van der Waals surface area contributed by atoms with Crippen LogP contribution in [0.4, 0.5) is 0 Å². The quantitative estimate of drug-likeness (QED) is 0.243. The Bertz CT molecular complexity index is 1550. The average molecular weight is 524 g/mol. The molecule has 0 aliphatic heterocycles. The second-order valence-corrected chi connectivity index (χ2v) is 10.1. The van der Waals surface area contributed by atoms with Crippen molar-refractivity contribution >= 4 is 11.8 Å². The van der Waals surface area contributed by atoms with Crippen molar-refractivity contribution in [2.75, 3.05) is 0 Å². The molecule has 8 heteroatoms. The summed E-state index contributed by atoms with van der Waals surface area (Å²) in [4.78, 5) is 15.0. The lowest BCUT2D eigenvalue weighted by Gasteiger charge is -2.18. The summed E-state index contributed by atoms with van der Waals surface area (Å²) in [6, 6.07) is 26.2. The van der Waals surface area contributed by atoms with E-state index in [0.717, 1.165) is 52.0 Å². The molecule has 5 aromatic rings. The summed E-state index contributed by atoms with van der Waals surface area (Å²) in [7, 11) is 0. The largest absolute Gasteiger partial charge is 0.390 e. The summed E-state index contributed by atoms with van der Waals surface area (Å²) in [5, 5.41) is 24.7. The lowest BCUT2D eigenvalue weighted by atomic mass is 9.98. The number of hydrogen-bond acceptors (Lipinski definition) is 6. The average Bonchev–Trinajstić information content (AvgIpc) is 3.50. The maximum Gasteiger partial charge on any atom is 0.199 e. The Balaban J connectivity index is 1.49. The summed E-state index contributed by atoms with van der Waals surface area (Å²) in [6.07, 6.45) is 4.60. The molecule has 2 N–H and O–H groups in total. The number of hydrogen-bond donors (Lipinski definition) is 2. The van der Waals surface area contributed by atoms with Gasteiger partial charge in [-0.2, -0.15) is 0 Å². The van der Waals surface area contributed by atoms with Gasteiger partial charge in [-0.25, -0.2) is 5.10 Å². The van der Waals surface area contributed by atoms with Gasteiger partial charge in [-0.1, -0.05) is 91.8 Å². The molecule has 0 amide bonds. The molecule has 0 bridgehead atoms. The third kappa shape index (κ3) is 5.61. The fourth-order valence-electron chi connectivity index (χ4n) is 4.49. The Kier molecular flexibility index (Phi) is 8.11. The van der Waals surface area contributed by atoms with E-state index >= 15 is 0 Å². The summed E-state index contributed by atoms with van der Waals surface area (Å²) < 4.78 is 2.03. The predicted octanol–water partition coefficient (Wildman–Crippen LogP) is 5.73. The van der Waals surface area contributed by atoms with Gasteiger partial charge in [0, 0.05) is 28.8 Å². The maximum atomic E-state index is 13.4. The Morgan fingerprint density at radius 2 is 1.68 bits per heavy atom. The summed E-state index contributed by atoms with van der Waals surface area (Å²) in [5.41, 5.74) is 5.51. The van der Waals surface area contributed by atoms with Crippen molar-refractivity contribution < 1.29 is 5.11 Å². The molecular weight excluding hydrogens is 494 g/mol. The van der Waals surface area contributed by atoms with Gasteiger partial charge in [-0.05, 0) is 52.1 Å². The number of aliphatic hydroxyl groups is 1. The van der Waals surface area contributed by atoms with Gasteiger partial charge in [0.05, 0.1) is 17.2 Å². The van der Waals surface area contributed by atoms with Gasteiger partial charge in [0.1, 0.15) is 0 Å². The van der Waals surface area contributed by atoms with Crippen molar-refractivity contribution in [1.29, 1.82) is 0 Å². The topological polar surface area (TPSA) is 96.7 Å². The first-order chi connectivity index (χ1) is 18.7. The molecule has 0 saturated heterocycles. The summed E-state index contributed by atoms with van der Waals surface area (Å²) >= 11 is 1.43. The van der Waals surface area contributed by atoms with Crippen LogP contribution >= 0.6 is 11.8 Å². The molecule has 0 aliphatic rings. The van der Waals surface area contributed by atoms with Gasteiger partial charge in [0.15, 0.2) is 11.3 Å². The van der Waals surface area contributed by atoms with Gasteiger partial charge in [0.2, 0.25) is 0 Å². The smallest absolute Gasteiger partial charge is 0.199 e. The van der Waals surface area contributed by atoms with Crippen LogP contribution < -0.4 is 5.43 Å². The van der Waals surface area contributed by atoms with Gasteiger partial charge >= 0.3 is 0 Å². The number of pyridine rings is 1. The zero-order chi connectivity index (χ0) is 26.3. The van der Waals surface area contributed by atoms with Crippen molar-refractivity contribution in [3.63, 3.8) is 0 Å². The van der Waals surface area contributed by atoms with Crippen LogP contribution in [-0.2, 0) is 19.6 Å². The Hall–Kier alpha value is -4.01. The van der Waals surface area contributed by atoms with Crippen LogP contribution in [0.5, 0.6) is 0 Å². The number of rotatable bonds is 10. The second kappa shape index (κ2) is 12.0. The van der Waals surface area contributed by atoms with Crippen molar-refractivity contribution in [2.45, 2.75) is 49.1 Å². The zero-order valence-electron chi connectivity index (χ0n) is 21.2. The molecule has 192 valence electrons. The minimum atomic E-state index is -0.213. The van der Waals surface area contributed by atoms with Gasteiger partial charge in [0.25, 0.3) is 0 Å². The SMILES string of the molecule is CCCCc1cn(Cc2ccc(-c3ccccc3-c3nnn[nH]3)cc2)c(CO)c(Sc2ccccc2)c1=O. The number of aromatic amines is 1. The molecule has 0 saturated carbocycles. The number of H-pyrrole nitrogens is 1. The third-order valence-electron chi connectivity index (χ3n) is 6.48. The minimum Gasteiger partial charge on any atom is -0.390 e. The molecule has 38 heavy (non-hydrogen) atoms. The highest BCUT2D eigenvalue weighted by Gasteiger charge is 2.17. The monoisotopic (exact) mass is 523 g/mol. The van der Waals surface area contributed by atoms with Crippen molar-refractivity contribution in [1.82, 2.24) is 25.2 Å². The minimum absolute atomic E-state index is 0.0152. The van der Waals surface area contributed by atoms with E-state index in [1.54, 1.807) is 0 Å². The van der Waals surface area contributed by atoms with Crippen LogP contribution in [0.15, 0.2) is 99.6 Å². The van der Waals surface area contributed by atoms with Crippen molar-refractivity contribution in [3.8, 4) is 22.5 Å². The van der Waals surface area contributed by atoms with Crippen LogP contribution in [0.25, 0.3) is 22.5 Å². The fourth-order valence-corrected chi connectivity index (χ4v) is 5.55. The van der Waals surface area contributed by atoms with E-state index in [2.05, 4.69) is 51.8 Å². The van der Waals surface area contributed by atoms with Crippen LogP contribution in [0.1, 0.15) is 36.6 Å². The van der Waals surface area contributed by atoms with Crippen LogP contribution in [0, 0.1) is 0 Å². The maximum absolute atomic E-state index is 13.4. The molecule has 0 atom stereocenters. The molecule has 7 nitrogen and oxygen atoms in total. The number of aliphatic hydroxyl groups excluding tert-OH is 1. The Morgan fingerprint density at radius 3 is 2.37 bits per heavy atom. The first kappa shape index (κ1) is 25.6. The standard InChI is InChI=1S/C30H29N5O2S/c1-2-3-9-23-19-35(27(20-36)29(28(23)37)38-24-10-5-4-6-11-24)18-21-14-16-22(17-15-21)25-12-7-8-13-26(25)30-31-33-34-32-30/h4-8,10-17,19,36H,2-3,9,18,20H2,1H3,(H,31,32,33,34). The van der Waals surface area contributed by atoms with Crippen LogP contribution in [0.3, 0.4) is 0 Å². The first-order valence-electron chi connectivity index (χ1n) is 12.7. The Morgan fingerprint density at radius 1 is 0.947 bits per heavy atom. The molecule has 0 aliphatic carbocycles. The zero-order valence-corrected chi connectivity index (χ0v) is 22.0. The number of aryl methyl sites for hydroxylation is 1. The molecule has 0 unspecified atom stereocenters. The molecule has 0 spiro atoms. The number of unbranched alkanes of at least 4 members (excludes halogenated alkanes) is 1. The van der Waals surface area contributed by atoms with Crippen LogP contribution in [-0.4, -0.2) is 30.3 Å². The lowest BCUT2D eigenvalue weighted by Crippen LogP contribution is -2.21. The predicted molar refractivity (Wildman–Crippen MR) is 150 cm³/mol. The molecule has 0 radical (unpaired) electrons. The molecule has 3 aromatic carbocycles. The number of benzene rings is 3. The third-order valence-corrected chi connectivity index (χ3v) is 7.61. The van der Waals surface area contributed by atoms with E-state index in [-0.39, 0.29) is 12.0 Å². The first-order valence-corrected chi connectivity index (χ1v) is 13.5. The molecule has 5 rings (SSSR count). The highest BCUT2D eigenvalue weighted by molar-refractivity contribution is 7.99. The molecular formula is C30H29N5O2S. The number of nitrogens with one attached hydrogen (secondary N) is 1. The number of aromatic nitrogens is 5. The second-order valence-electron chi connectivity index (χ2n) is 9.06. The van der Waals surface area contributed by atoms with E-state index < -0.39 is 0 Å². The normalized spacial score (nSPS) is 11.1. The summed E-state index contributed by atoms with van der Waals surface area (Å²) in [6.45, 7) is 2.46. The van der Waals surface area contributed by atoms with Gasteiger partial charge < -0.3 is 9.67 Å². The van der Waals surface area contributed by atoms with Crippen LogP contribution in [0.2, 0.25) is 0 Å². The number of tetrazole rings is 1. The Labute approximate surface area is 225 Å². The highest BCUT2D eigenvalue weighted by Crippen LogP contribution is 2.31. The van der Waals surface area contributed by atoms with E-state index in [1.165, 1.54) is 11.8 Å². The van der Waals surface area contributed by atoms with Gasteiger partial charge in [-0.3, -0.25) is 4.79 Å². The van der Waals surface area contributed by atoms with E-state index in [1.807, 2.05) is 65.4 Å². The van der Waals surface area contributed by atoms with E-state index in [0.29, 0.717) is 23.0 Å². The van der Waals surface area contributed by atoms with Crippen molar-refractivity contribution in [3.05, 3.63) is 112 Å². The van der Waals surface area contributed by atoms with Gasteiger partial charge in [-0.15, -0.1) is 5.10 Å². The molecule has 2 heterocycles. The fraction of sp³-hybridized carbons (Fsp3) is 0.200. The van der Waals surface area contributed by atoms with E-state index in [4.69, 9.17) is 0 Å².